The topological polar surface area (TPSA) is 145 Å². The molecule has 2 saturated heterocycles. The summed E-state index contributed by atoms with van der Waals surface area (Å²) in [6.45, 7) is 2.28. The normalized spacial score (nSPS) is 17.2. The predicted molar refractivity (Wildman–Crippen MR) is 181 cm³/mol. The van der Waals surface area contributed by atoms with Crippen molar-refractivity contribution in [2.24, 2.45) is 0 Å². The standard InChI is InChI=1S/C34H35ClF2N8O4/c1-44(20-21-2-4-23(5-3-21)40-29-10-11-30(46)42-33(29)48)25-13-16-45(17-14-25)31-27(28-12-15-39-43-28)18-22(19-38-31)32(47)41-24-6-8-26(9-7-24)49-34(35,36)37/h2-9,12,15,18-19,25,29,40H,10-11,13-14,16-17,20H2,1H3,(H,39,43)(H,41,47)(H,42,46,48). The maximum absolute atomic E-state index is 13.1. The third-order valence-corrected chi connectivity index (χ3v) is 8.68. The summed E-state index contributed by atoms with van der Waals surface area (Å²) in [6.07, 6.45) is 5.84. The number of carbonyl (C=O) groups excluding carboxylic acids is 3. The van der Waals surface area contributed by atoms with Crippen LogP contribution in [0.5, 0.6) is 5.75 Å². The van der Waals surface area contributed by atoms with Gasteiger partial charge in [0.2, 0.25) is 11.8 Å². The van der Waals surface area contributed by atoms with Crippen molar-refractivity contribution in [3.63, 3.8) is 0 Å². The molecule has 6 rings (SSSR count). The number of pyridine rings is 1. The largest absolute Gasteiger partial charge is 0.487 e. The van der Waals surface area contributed by atoms with Gasteiger partial charge < -0.3 is 20.3 Å². The maximum atomic E-state index is 13.1. The van der Waals surface area contributed by atoms with Gasteiger partial charge in [-0.25, -0.2) is 4.98 Å². The van der Waals surface area contributed by atoms with E-state index in [-0.39, 0.29) is 17.6 Å². The van der Waals surface area contributed by atoms with Crippen molar-refractivity contribution < 1.29 is 27.9 Å². The monoisotopic (exact) mass is 692 g/mol. The van der Waals surface area contributed by atoms with Crippen molar-refractivity contribution in [2.45, 2.75) is 49.9 Å². The average molecular weight is 693 g/mol. The molecule has 256 valence electrons. The Labute approximate surface area is 286 Å². The number of hydrogen-bond acceptors (Lipinski definition) is 9. The van der Waals surface area contributed by atoms with Crippen LogP contribution < -0.4 is 25.6 Å². The van der Waals surface area contributed by atoms with Gasteiger partial charge in [0.25, 0.3) is 5.91 Å². The number of aromatic nitrogens is 3. The number of imide groups is 1. The molecule has 0 saturated carbocycles. The highest BCUT2D eigenvalue weighted by Gasteiger charge is 2.29. The Balaban J connectivity index is 1.06. The van der Waals surface area contributed by atoms with Gasteiger partial charge in [-0.15, -0.1) is 8.78 Å². The lowest BCUT2D eigenvalue weighted by Crippen LogP contribution is -2.47. The summed E-state index contributed by atoms with van der Waals surface area (Å²) in [6, 6.07) is 16.9. The van der Waals surface area contributed by atoms with Gasteiger partial charge in [-0.1, -0.05) is 12.1 Å². The van der Waals surface area contributed by atoms with E-state index >= 15 is 0 Å². The van der Waals surface area contributed by atoms with Crippen LogP contribution in [0.4, 0.5) is 26.0 Å². The molecule has 4 heterocycles. The zero-order valence-corrected chi connectivity index (χ0v) is 27.3. The molecule has 0 spiro atoms. The molecule has 0 radical (unpaired) electrons. The Hall–Kier alpha value is -5.08. The second kappa shape index (κ2) is 14.6. The van der Waals surface area contributed by atoms with Crippen LogP contribution in [0.3, 0.4) is 0 Å². The lowest BCUT2D eigenvalue weighted by molar-refractivity contribution is -0.133. The molecule has 1 unspecified atom stereocenters. The number of piperidine rings is 2. The van der Waals surface area contributed by atoms with Crippen molar-refractivity contribution in [1.82, 2.24) is 25.4 Å². The zero-order chi connectivity index (χ0) is 34.5. The summed E-state index contributed by atoms with van der Waals surface area (Å²) in [5, 5.41) is 15.5. The lowest BCUT2D eigenvalue weighted by atomic mass is 10.0. The van der Waals surface area contributed by atoms with Gasteiger partial charge in [-0.3, -0.25) is 29.7 Å². The van der Waals surface area contributed by atoms with Crippen LogP contribution in [0, 0.1) is 0 Å². The summed E-state index contributed by atoms with van der Waals surface area (Å²) < 4.78 is 30.2. The maximum Gasteiger partial charge on any atom is 0.487 e. The fourth-order valence-corrected chi connectivity index (χ4v) is 6.14. The second-order valence-corrected chi connectivity index (χ2v) is 12.5. The Morgan fingerprint density at radius 1 is 1.06 bits per heavy atom. The first-order valence-corrected chi connectivity index (χ1v) is 16.2. The van der Waals surface area contributed by atoms with Crippen LogP contribution >= 0.6 is 11.6 Å². The molecular weight excluding hydrogens is 658 g/mol. The van der Waals surface area contributed by atoms with Crippen LogP contribution in [0.15, 0.2) is 73.1 Å². The Bertz CT molecular complexity index is 1780. The SMILES string of the molecule is CN(Cc1ccc(NC2CCC(=O)NC2=O)cc1)C1CCN(c2ncc(C(=O)Nc3ccc(OC(F)(F)Cl)cc3)cc2-c2cc[nH]n2)CC1. The van der Waals surface area contributed by atoms with Gasteiger partial charge in [-0.05, 0) is 80.4 Å². The number of benzene rings is 2. The Morgan fingerprint density at radius 2 is 1.78 bits per heavy atom. The summed E-state index contributed by atoms with van der Waals surface area (Å²) >= 11 is 4.82. The van der Waals surface area contributed by atoms with E-state index in [1.54, 1.807) is 12.3 Å². The summed E-state index contributed by atoms with van der Waals surface area (Å²) in [4.78, 5) is 45.9. The van der Waals surface area contributed by atoms with Crippen molar-refractivity contribution in [3.05, 3.63) is 84.2 Å². The van der Waals surface area contributed by atoms with Crippen molar-refractivity contribution >= 4 is 46.5 Å². The van der Waals surface area contributed by atoms with E-state index in [4.69, 9.17) is 16.6 Å². The van der Waals surface area contributed by atoms with Gasteiger partial charge in [-0.2, -0.15) is 5.10 Å². The summed E-state index contributed by atoms with van der Waals surface area (Å²) in [5.41, 5.74) is 0.195. The molecule has 2 fully saturated rings. The minimum absolute atomic E-state index is 0.143. The molecule has 3 amide bonds. The molecule has 0 bridgehead atoms. The van der Waals surface area contributed by atoms with E-state index in [9.17, 15) is 23.2 Å². The van der Waals surface area contributed by atoms with E-state index in [2.05, 4.69) is 47.7 Å². The molecule has 4 N–H and O–H groups in total. The van der Waals surface area contributed by atoms with Gasteiger partial charge in [0, 0.05) is 73.0 Å². The lowest BCUT2D eigenvalue weighted by Gasteiger charge is -2.38. The van der Waals surface area contributed by atoms with E-state index in [0.717, 1.165) is 49.5 Å². The number of nitrogens with zero attached hydrogens (tertiary/aromatic N) is 4. The minimum Gasteiger partial charge on any atom is -0.420 e. The molecule has 2 aromatic heterocycles. The van der Waals surface area contributed by atoms with E-state index in [1.807, 2.05) is 30.3 Å². The molecule has 2 aliphatic rings. The number of nitrogens with one attached hydrogen (secondary N) is 4. The number of aromatic amines is 1. The molecule has 15 heteroatoms. The first kappa shape index (κ1) is 33.8. The highest BCUT2D eigenvalue weighted by atomic mass is 35.5. The summed E-state index contributed by atoms with van der Waals surface area (Å²) in [7, 11) is 2.12. The van der Waals surface area contributed by atoms with Gasteiger partial charge in [0.05, 0.1) is 11.3 Å². The van der Waals surface area contributed by atoms with Crippen molar-refractivity contribution in [2.75, 3.05) is 35.7 Å². The first-order chi connectivity index (χ1) is 23.5. The van der Waals surface area contributed by atoms with E-state index in [0.29, 0.717) is 41.4 Å². The highest BCUT2D eigenvalue weighted by molar-refractivity contribution is 6.20. The van der Waals surface area contributed by atoms with Crippen LogP contribution in [0.2, 0.25) is 0 Å². The molecule has 12 nitrogen and oxygen atoms in total. The highest BCUT2D eigenvalue weighted by Crippen LogP contribution is 2.32. The molecular formula is C34H35ClF2N8O4. The third-order valence-electron chi connectivity index (χ3n) is 8.60. The number of carbonyl (C=O) groups is 3. The third kappa shape index (κ3) is 8.69. The quantitative estimate of drug-likeness (QED) is 0.123. The number of H-pyrrole nitrogens is 1. The predicted octanol–water partition coefficient (Wildman–Crippen LogP) is 5.21. The van der Waals surface area contributed by atoms with Gasteiger partial charge >= 0.3 is 5.57 Å². The zero-order valence-electron chi connectivity index (χ0n) is 26.6. The molecule has 0 aliphatic carbocycles. The van der Waals surface area contributed by atoms with Gasteiger partial charge in [0.1, 0.15) is 17.6 Å². The Morgan fingerprint density at radius 3 is 2.43 bits per heavy atom. The second-order valence-electron chi connectivity index (χ2n) is 12.1. The number of ether oxygens (including phenoxy) is 1. The fourth-order valence-electron chi connectivity index (χ4n) is 6.05. The fraction of sp³-hybridized carbons (Fsp3) is 0.324. The molecule has 2 aromatic carbocycles. The number of rotatable bonds is 11. The molecule has 1 atom stereocenters. The first-order valence-electron chi connectivity index (χ1n) is 15.8. The molecule has 4 aromatic rings. The minimum atomic E-state index is -3.83. The van der Waals surface area contributed by atoms with Crippen molar-refractivity contribution in [3.8, 4) is 17.0 Å². The number of hydrogen-bond donors (Lipinski definition) is 4. The van der Waals surface area contributed by atoms with Crippen LogP contribution in [0.1, 0.15) is 41.6 Å². The summed E-state index contributed by atoms with van der Waals surface area (Å²) in [5.74, 6) is -0.369. The number of alkyl halides is 3. The molecule has 49 heavy (non-hydrogen) atoms. The number of anilines is 3. The number of amides is 3. The number of halogens is 3. The van der Waals surface area contributed by atoms with Crippen molar-refractivity contribution in [1.29, 1.82) is 0 Å². The van der Waals surface area contributed by atoms with E-state index in [1.165, 1.54) is 30.5 Å². The van der Waals surface area contributed by atoms with Crippen LogP contribution in [-0.2, 0) is 16.1 Å². The Kier molecular flexibility index (Phi) is 10.1. The van der Waals surface area contributed by atoms with Gasteiger partial charge in [0.15, 0.2) is 0 Å². The van der Waals surface area contributed by atoms with Crippen LogP contribution in [0.25, 0.3) is 11.3 Å². The average Bonchev–Trinajstić information content (AvgIpc) is 3.62. The molecule has 2 aliphatic heterocycles. The smallest absolute Gasteiger partial charge is 0.420 e. The van der Waals surface area contributed by atoms with Crippen LogP contribution in [-0.4, -0.2) is 75.6 Å². The van der Waals surface area contributed by atoms with E-state index < -0.39 is 17.5 Å².